The van der Waals surface area contributed by atoms with Crippen LogP contribution in [0.15, 0.2) is 85.1 Å². The largest absolute Gasteiger partial charge is 0.462 e. The Labute approximate surface area is 395 Å². The van der Waals surface area contributed by atoms with Crippen LogP contribution < -0.4 is 0 Å². The molecule has 0 aromatic heterocycles. The van der Waals surface area contributed by atoms with Crippen molar-refractivity contribution in [2.24, 2.45) is 0 Å². The van der Waals surface area contributed by atoms with E-state index in [9.17, 15) is 14.4 Å². The van der Waals surface area contributed by atoms with Crippen molar-refractivity contribution in [1.29, 1.82) is 0 Å². The molecular formula is C58H98O6. The summed E-state index contributed by atoms with van der Waals surface area (Å²) in [5.74, 6) is -1.01. The molecule has 0 N–H and O–H groups in total. The summed E-state index contributed by atoms with van der Waals surface area (Å²) in [5.41, 5.74) is 0. The van der Waals surface area contributed by atoms with Gasteiger partial charge in [-0.3, -0.25) is 14.4 Å². The first-order valence-electron chi connectivity index (χ1n) is 26.6. The lowest BCUT2D eigenvalue weighted by atomic mass is 10.1. The molecule has 0 rings (SSSR count). The molecule has 0 radical (unpaired) electrons. The lowest BCUT2D eigenvalue weighted by Crippen LogP contribution is -2.30. The second-order valence-electron chi connectivity index (χ2n) is 17.4. The molecule has 0 saturated carbocycles. The normalized spacial score (nSPS) is 12.7. The van der Waals surface area contributed by atoms with E-state index in [1.165, 1.54) is 96.3 Å². The fourth-order valence-electron chi connectivity index (χ4n) is 7.13. The first-order valence-corrected chi connectivity index (χ1v) is 26.6. The van der Waals surface area contributed by atoms with E-state index >= 15 is 0 Å². The van der Waals surface area contributed by atoms with Gasteiger partial charge in [0, 0.05) is 19.3 Å². The average Bonchev–Trinajstić information content (AvgIpc) is 3.29. The highest BCUT2D eigenvalue weighted by Crippen LogP contribution is 2.13. The summed E-state index contributed by atoms with van der Waals surface area (Å²) in [6.45, 7) is 6.43. The summed E-state index contributed by atoms with van der Waals surface area (Å²) >= 11 is 0. The van der Waals surface area contributed by atoms with Gasteiger partial charge in [0.15, 0.2) is 6.10 Å². The van der Waals surface area contributed by atoms with Gasteiger partial charge in [-0.25, -0.2) is 0 Å². The monoisotopic (exact) mass is 891 g/mol. The second kappa shape index (κ2) is 52.2. The SMILES string of the molecule is CC/C=C\C/C=C\C/C=C\C/C=C\CCCCCCCCC(=O)OCC(COC(=O)CC/C=C\C/C=C\CCCCCCCC)OC(=O)CCCCC/C=C\CCCCCCCCC. The van der Waals surface area contributed by atoms with E-state index in [1.807, 2.05) is 6.08 Å². The van der Waals surface area contributed by atoms with Gasteiger partial charge in [-0.05, 0) is 103 Å². The van der Waals surface area contributed by atoms with E-state index in [1.54, 1.807) is 0 Å². The summed E-state index contributed by atoms with van der Waals surface area (Å²) in [5, 5.41) is 0. The predicted molar refractivity (Wildman–Crippen MR) is 274 cm³/mol. The van der Waals surface area contributed by atoms with Crippen molar-refractivity contribution in [2.75, 3.05) is 13.2 Å². The fourth-order valence-corrected chi connectivity index (χ4v) is 7.13. The highest BCUT2D eigenvalue weighted by atomic mass is 16.6. The van der Waals surface area contributed by atoms with E-state index in [4.69, 9.17) is 14.2 Å². The minimum absolute atomic E-state index is 0.107. The second-order valence-corrected chi connectivity index (χ2v) is 17.4. The van der Waals surface area contributed by atoms with Gasteiger partial charge in [0.05, 0.1) is 0 Å². The van der Waals surface area contributed by atoms with Crippen LogP contribution >= 0.6 is 0 Å². The van der Waals surface area contributed by atoms with Crippen LogP contribution in [-0.2, 0) is 28.6 Å². The van der Waals surface area contributed by atoms with E-state index < -0.39 is 6.10 Å². The number of hydrogen-bond donors (Lipinski definition) is 0. The Bertz CT molecular complexity index is 1250. The maximum atomic E-state index is 12.8. The number of hydrogen-bond acceptors (Lipinski definition) is 6. The highest BCUT2D eigenvalue weighted by molar-refractivity contribution is 5.71. The zero-order valence-electron chi connectivity index (χ0n) is 41.8. The molecule has 6 nitrogen and oxygen atoms in total. The average molecular weight is 891 g/mol. The predicted octanol–water partition coefficient (Wildman–Crippen LogP) is 17.6. The standard InChI is InChI=1S/C58H98O6/c1-4-7-10-13-16-19-22-25-27-28-29-30-31-34-36-39-42-45-48-51-57(60)63-54-55(53-62-56(59)50-47-44-41-38-35-32-24-21-18-15-12-9-6-3)64-58(61)52-49-46-43-40-37-33-26-23-20-17-14-11-8-5-2/h7,10,16,19,25,27,29-30,32-33,35,37,41,44,55H,4-6,8-9,11-15,17-18,20-24,26,28,31,34,36,38-40,42-43,45-54H2,1-3H3/b10-7-,19-16-,27-25-,30-29-,35-32-,37-33-,44-41-. The fraction of sp³-hybridized carbons (Fsp3) is 0.707. The molecule has 0 aliphatic rings. The van der Waals surface area contributed by atoms with Crippen molar-refractivity contribution in [2.45, 2.75) is 252 Å². The molecule has 0 aliphatic carbocycles. The van der Waals surface area contributed by atoms with Gasteiger partial charge in [-0.15, -0.1) is 0 Å². The van der Waals surface area contributed by atoms with Gasteiger partial charge in [0.2, 0.25) is 0 Å². The van der Waals surface area contributed by atoms with E-state index in [0.717, 1.165) is 103 Å². The maximum Gasteiger partial charge on any atom is 0.306 e. The Morgan fingerprint density at radius 3 is 1.08 bits per heavy atom. The van der Waals surface area contributed by atoms with Crippen molar-refractivity contribution in [1.82, 2.24) is 0 Å². The summed E-state index contributed by atoms with van der Waals surface area (Å²) in [4.78, 5) is 38.0. The van der Waals surface area contributed by atoms with Crippen molar-refractivity contribution < 1.29 is 28.6 Å². The van der Waals surface area contributed by atoms with Gasteiger partial charge < -0.3 is 14.2 Å². The molecule has 64 heavy (non-hydrogen) atoms. The van der Waals surface area contributed by atoms with Crippen LogP contribution in [0, 0.1) is 0 Å². The summed E-state index contributed by atoms with van der Waals surface area (Å²) < 4.78 is 16.7. The third-order valence-corrected chi connectivity index (χ3v) is 11.1. The molecule has 1 atom stereocenters. The van der Waals surface area contributed by atoms with Gasteiger partial charge in [0.1, 0.15) is 13.2 Å². The van der Waals surface area contributed by atoms with Crippen LogP contribution in [0.25, 0.3) is 0 Å². The molecule has 0 fully saturated rings. The Balaban J connectivity index is 4.47. The number of carbonyl (C=O) groups is 3. The molecular weight excluding hydrogens is 793 g/mol. The highest BCUT2D eigenvalue weighted by Gasteiger charge is 2.19. The van der Waals surface area contributed by atoms with E-state index in [2.05, 4.69) is 99.8 Å². The molecule has 366 valence electrons. The first kappa shape index (κ1) is 60.6. The topological polar surface area (TPSA) is 78.9 Å². The smallest absolute Gasteiger partial charge is 0.306 e. The Kier molecular flexibility index (Phi) is 49.4. The van der Waals surface area contributed by atoms with Gasteiger partial charge in [-0.2, -0.15) is 0 Å². The Morgan fingerprint density at radius 2 is 0.641 bits per heavy atom. The van der Waals surface area contributed by atoms with E-state index in [0.29, 0.717) is 19.3 Å². The number of carbonyl (C=O) groups excluding carboxylic acids is 3. The number of rotatable bonds is 47. The number of esters is 3. The maximum absolute atomic E-state index is 12.8. The molecule has 0 aliphatic heterocycles. The zero-order chi connectivity index (χ0) is 46.5. The molecule has 0 saturated heterocycles. The van der Waals surface area contributed by atoms with Crippen LogP contribution in [0.1, 0.15) is 245 Å². The minimum Gasteiger partial charge on any atom is -0.462 e. The number of ether oxygens (including phenoxy) is 3. The Hall–Kier alpha value is -3.41. The molecule has 1 unspecified atom stereocenters. The van der Waals surface area contributed by atoms with Crippen LogP contribution in [0.4, 0.5) is 0 Å². The Morgan fingerprint density at radius 1 is 0.328 bits per heavy atom. The molecule has 0 aromatic rings. The zero-order valence-corrected chi connectivity index (χ0v) is 41.8. The van der Waals surface area contributed by atoms with Gasteiger partial charge >= 0.3 is 17.9 Å². The summed E-state index contributed by atoms with van der Waals surface area (Å²) in [7, 11) is 0. The van der Waals surface area contributed by atoms with Gasteiger partial charge in [0.25, 0.3) is 0 Å². The number of allylic oxidation sites excluding steroid dienone is 14. The first-order chi connectivity index (χ1) is 31.5. The summed E-state index contributed by atoms with van der Waals surface area (Å²) in [6, 6.07) is 0. The van der Waals surface area contributed by atoms with Crippen LogP contribution in [-0.4, -0.2) is 37.2 Å². The minimum atomic E-state index is -0.813. The summed E-state index contributed by atoms with van der Waals surface area (Å²) in [6.07, 6.45) is 67.2. The lowest BCUT2D eigenvalue weighted by molar-refractivity contribution is -0.166. The van der Waals surface area contributed by atoms with Crippen molar-refractivity contribution in [3.8, 4) is 0 Å². The molecule has 0 heterocycles. The van der Waals surface area contributed by atoms with Crippen molar-refractivity contribution in [3.05, 3.63) is 85.1 Å². The van der Waals surface area contributed by atoms with Crippen molar-refractivity contribution >= 4 is 17.9 Å². The molecule has 6 heteroatoms. The molecule has 0 spiro atoms. The molecule has 0 amide bonds. The molecule has 0 bridgehead atoms. The quantitative estimate of drug-likeness (QED) is 0.0262. The third kappa shape index (κ3) is 49.6. The van der Waals surface area contributed by atoms with Gasteiger partial charge in [-0.1, -0.05) is 209 Å². The van der Waals surface area contributed by atoms with Crippen LogP contribution in [0.2, 0.25) is 0 Å². The molecule has 0 aromatic carbocycles. The third-order valence-electron chi connectivity index (χ3n) is 11.1. The lowest BCUT2D eigenvalue weighted by Gasteiger charge is -2.18. The van der Waals surface area contributed by atoms with Crippen molar-refractivity contribution in [3.63, 3.8) is 0 Å². The van der Waals surface area contributed by atoms with Crippen LogP contribution in [0.5, 0.6) is 0 Å². The number of unbranched alkanes of at least 4 members (excludes halogenated alkanes) is 22. The van der Waals surface area contributed by atoms with Crippen LogP contribution in [0.3, 0.4) is 0 Å². The van der Waals surface area contributed by atoms with E-state index in [-0.39, 0.29) is 37.5 Å².